The van der Waals surface area contributed by atoms with Crippen LogP contribution in [0.25, 0.3) is 11.3 Å². The molecule has 0 saturated carbocycles. The Morgan fingerprint density at radius 2 is 1.88 bits per heavy atom. The molecule has 2 aromatic heterocycles. The van der Waals surface area contributed by atoms with Crippen molar-refractivity contribution in [2.24, 2.45) is 0 Å². The molecule has 0 aliphatic carbocycles. The Kier molecular flexibility index (Phi) is 5.57. The Balaban J connectivity index is 1.58. The number of thiazole rings is 1. The average Bonchev–Trinajstić information content (AvgIpc) is 3.25. The summed E-state index contributed by atoms with van der Waals surface area (Å²) in [7, 11) is 0. The van der Waals surface area contributed by atoms with E-state index < -0.39 is 0 Å². The molecule has 0 fully saturated rings. The van der Waals surface area contributed by atoms with Gasteiger partial charge in [-0.2, -0.15) is 11.3 Å². The number of amides is 2. The van der Waals surface area contributed by atoms with E-state index in [-0.39, 0.29) is 11.8 Å². The molecule has 0 bridgehead atoms. The largest absolute Gasteiger partial charge is 0.326 e. The maximum absolute atomic E-state index is 12.0. The maximum Gasteiger partial charge on any atom is 0.226 e. The number of rotatable bonds is 6. The molecule has 0 aliphatic heterocycles. The van der Waals surface area contributed by atoms with Crippen molar-refractivity contribution in [1.82, 2.24) is 4.98 Å². The Morgan fingerprint density at radius 1 is 1.08 bits per heavy atom. The van der Waals surface area contributed by atoms with Crippen LogP contribution >= 0.6 is 22.7 Å². The zero-order valence-corrected chi connectivity index (χ0v) is 15.2. The van der Waals surface area contributed by atoms with E-state index in [4.69, 9.17) is 0 Å². The van der Waals surface area contributed by atoms with Crippen molar-refractivity contribution in [2.45, 2.75) is 19.8 Å². The van der Waals surface area contributed by atoms with Crippen LogP contribution in [0, 0.1) is 0 Å². The zero-order chi connectivity index (χ0) is 17.6. The van der Waals surface area contributed by atoms with Crippen molar-refractivity contribution in [1.29, 1.82) is 0 Å². The van der Waals surface area contributed by atoms with Crippen LogP contribution in [0.15, 0.2) is 46.5 Å². The number of nitrogens with one attached hydrogen (secondary N) is 2. The third kappa shape index (κ3) is 4.98. The van der Waals surface area contributed by atoms with Gasteiger partial charge in [0.25, 0.3) is 0 Å². The normalized spacial score (nSPS) is 10.4. The third-order valence-electron chi connectivity index (χ3n) is 3.47. The van der Waals surface area contributed by atoms with Crippen molar-refractivity contribution in [3.63, 3.8) is 0 Å². The molecule has 3 rings (SSSR count). The van der Waals surface area contributed by atoms with E-state index in [1.165, 1.54) is 23.8 Å². The molecular formula is C18H17N3O2S2. The molecule has 0 saturated heterocycles. The van der Waals surface area contributed by atoms with Gasteiger partial charge in [-0.15, -0.1) is 11.3 Å². The Morgan fingerprint density at radius 3 is 2.56 bits per heavy atom. The number of carbonyl (C=O) groups excluding carboxylic acids is 2. The van der Waals surface area contributed by atoms with Gasteiger partial charge in [-0.1, -0.05) is 12.1 Å². The number of nitrogens with zero attached hydrogens (tertiary/aromatic N) is 1. The van der Waals surface area contributed by atoms with Crippen molar-refractivity contribution in [3.05, 3.63) is 52.0 Å². The Hall–Kier alpha value is -2.51. The summed E-state index contributed by atoms with van der Waals surface area (Å²) >= 11 is 3.04. The second-order valence-corrected chi connectivity index (χ2v) is 7.11. The molecule has 0 atom stereocenters. The van der Waals surface area contributed by atoms with Gasteiger partial charge >= 0.3 is 0 Å². The lowest BCUT2D eigenvalue weighted by Crippen LogP contribution is -2.11. The maximum atomic E-state index is 12.0. The summed E-state index contributed by atoms with van der Waals surface area (Å²) in [5, 5.41) is 12.1. The predicted octanol–water partition coefficient (Wildman–Crippen LogP) is 4.40. The van der Waals surface area contributed by atoms with Crippen LogP contribution in [0.4, 0.5) is 10.8 Å². The first-order valence-corrected chi connectivity index (χ1v) is 9.57. The Labute approximate surface area is 153 Å². The second-order valence-electron chi connectivity index (χ2n) is 5.48. The summed E-state index contributed by atoms with van der Waals surface area (Å²) in [4.78, 5) is 27.5. The number of benzene rings is 1. The molecule has 128 valence electrons. The topological polar surface area (TPSA) is 71.1 Å². The summed E-state index contributed by atoms with van der Waals surface area (Å²) in [5.74, 6) is -0.137. The lowest BCUT2D eigenvalue weighted by atomic mass is 10.1. The minimum Gasteiger partial charge on any atom is -0.326 e. The molecule has 2 heterocycles. The Bertz CT molecular complexity index is 855. The second kappa shape index (κ2) is 8.04. The van der Waals surface area contributed by atoms with Crippen molar-refractivity contribution in [2.75, 3.05) is 10.6 Å². The van der Waals surface area contributed by atoms with Crippen LogP contribution in [0.5, 0.6) is 0 Å². The molecule has 25 heavy (non-hydrogen) atoms. The predicted molar refractivity (Wildman–Crippen MR) is 103 cm³/mol. The van der Waals surface area contributed by atoms with E-state index >= 15 is 0 Å². The van der Waals surface area contributed by atoms with Gasteiger partial charge in [0.15, 0.2) is 5.13 Å². The van der Waals surface area contributed by atoms with E-state index in [1.54, 1.807) is 11.3 Å². The highest BCUT2D eigenvalue weighted by Crippen LogP contribution is 2.26. The smallest absolute Gasteiger partial charge is 0.226 e. The lowest BCUT2D eigenvalue weighted by Gasteiger charge is -2.03. The quantitative estimate of drug-likeness (QED) is 0.674. The highest BCUT2D eigenvalue weighted by atomic mass is 32.1. The van der Waals surface area contributed by atoms with Crippen LogP contribution < -0.4 is 10.6 Å². The van der Waals surface area contributed by atoms with Gasteiger partial charge in [-0.05, 0) is 40.9 Å². The van der Waals surface area contributed by atoms with Crippen LogP contribution in [-0.4, -0.2) is 16.8 Å². The van der Waals surface area contributed by atoms with E-state index in [9.17, 15) is 9.59 Å². The molecular weight excluding hydrogens is 354 g/mol. The fourth-order valence-corrected chi connectivity index (χ4v) is 3.70. The minimum absolute atomic E-state index is 0.0342. The van der Waals surface area contributed by atoms with Crippen molar-refractivity contribution >= 4 is 45.3 Å². The van der Waals surface area contributed by atoms with E-state index in [2.05, 4.69) is 21.0 Å². The number of hydrogen-bond donors (Lipinski definition) is 2. The van der Waals surface area contributed by atoms with Crippen LogP contribution in [-0.2, 0) is 16.0 Å². The molecule has 0 spiro atoms. The number of anilines is 2. The molecule has 5 nitrogen and oxygen atoms in total. The van der Waals surface area contributed by atoms with Crippen molar-refractivity contribution in [3.8, 4) is 11.3 Å². The molecule has 0 radical (unpaired) electrons. The van der Waals surface area contributed by atoms with Gasteiger partial charge in [-0.25, -0.2) is 4.98 Å². The van der Waals surface area contributed by atoms with Gasteiger partial charge in [0.2, 0.25) is 11.8 Å². The first-order chi connectivity index (χ1) is 12.1. The van der Waals surface area contributed by atoms with Crippen LogP contribution in [0.1, 0.15) is 18.9 Å². The summed E-state index contributed by atoms with van der Waals surface area (Å²) in [6.07, 6.45) is 1.18. The van der Waals surface area contributed by atoms with E-state index in [0.717, 1.165) is 23.4 Å². The first-order valence-electron chi connectivity index (χ1n) is 7.74. The summed E-state index contributed by atoms with van der Waals surface area (Å²) in [6, 6.07) is 9.47. The fraction of sp³-hybridized carbons (Fsp3) is 0.167. The van der Waals surface area contributed by atoms with Crippen LogP contribution in [0.3, 0.4) is 0 Å². The fourth-order valence-electron chi connectivity index (χ4n) is 2.27. The average molecular weight is 371 g/mol. The number of aromatic nitrogens is 1. The standard InChI is InChI=1S/C18H17N3O2S2/c1-12(22)19-15-5-3-14(4-6-15)16-11-25-18(20-16)21-17(23)7-2-13-8-9-24-10-13/h3-6,8-11H,2,7H2,1H3,(H,19,22)(H,20,21,23). The van der Waals surface area contributed by atoms with E-state index in [0.29, 0.717) is 11.6 Å². The summed E-state index contributed by atoms with van der Waals surface area (Å²) < 4.78 is 0. The molecule has 7 heteroatoms. The number of thiophene rings is 1. The molecule has 2 N–H and O–H groups in total. The number of carbonyl (C=O) groups is 2. The number of aryl methyl sites for hydroxylation is 1. The third-order valence-corrected chi connectivity index (χ3v) is 4.96. The molecule has 3 aromatic rings. The van der Waals surface area contributed by atoms with Gasteiger partial charge in [0.1, 0.15) is 0 Å². The zero-order valence-electron chi connectivity index (χ0n) is 13.6. The van der Waals surface area contributed by atoms with Gasteiger partial charge in [0.05, 0.1) is 5.69 Å². The lowest BCUT2D eigenvalue weighted by molar-refractivity contribution is -0.116. The molecule has 2 amide bonds. The van der Waals surface area contributed by atoms with Crippen molar-refractivity contribution < 1.29 is 9.59 Å². The first kappa shape index (κ1) is 17.3. The van der Waals surface area contributed by atoms with Gasteiger partial charge in [-0.3, -0.25) is 9.59 Å². The monoisotopic (exact) mass is 371 g/mol. The highest BCUT2D eigenvalue weighted by Gasteiger charge is 2.09. The SMILES string of the molecule is CC(=O)Nc1ccc(-c2csc(NC(=O)CCc3ccsc3)n2)cc1. The molecule has 1 aromatic carbocycles. The number of hydrogen-bond acceptors (Lipinski definition) is 5. The van der Waals surface area contributed by atoms with E-state index in [1.807, 2.05) is 41.1 Å². The minimum atomic E-state index is -0.103. The summed E-state index contributed by atoms with van der Waals surface area (Å²) in [5.41, 5.74) is 3.66. The molecule has 0 unspecified atom stereocenters. The van der Waals surface area contributed by atoms with Gasteiger partial charge in [0, 0.05) is 30.0 Å². The summed E-state index contributed by atoms with van der Waals surface area (Å²) in [6.45, 7) is 1.47. The van der Waals surface area contributed by atoms with Crippen LogP contribution in [0.2, 0.25) is 0 Å². The molecule has 0 aliphatic rings. The highest BCUT2D eigenvalue weighted by molar-refractivity contribution is 7.14. The van der Waals surface area contributed by atoms with Gasteiger partial charge < -0.3 is 10.6 Å².